The second-order valence-electron chi connectivity index (χ2n) is 6.49. The molecule has 7 heteroatoms. The topological polar surface area (TPSA) is 70.7 Å². The second kappa shape index (κ2) is 8.35. The number of anilines is 1. The number of aromatic amines is 1. The molecule has 3 aromatic rings. The van der Waals surface area contributed by atoms with Crippen molar-refractivity contribution in [2.75, 3.05) is 11.1 Å². The molecule has 0 aliphatic heterocycles. The zero-order chi connectivity index (χ0) is 19.4. The third kappa shape index (κ3) is 4.95. The summed E-state index contributed by atoms with van der Waals surface area (Å²) in [4.78, 5) is 23.6. The Labute approximate surface area is 161 Å². The molecule has 2 N–H and O–H groups in total. The number of ketones is 1. The number of imidazole rings is 1. The molecule has 0 spiro atoms. The third-order valence-corrected chi connectivity index (χ3v) is 4.71. The lowest BCUT2D eigenvalue weighted by Crippen LogP contribution is -2.10. The van der Waals surface area contributed by atoms with Crippen molar-refractivity contribution in [1.82, 2.24) is 15.0 Å². The highest BCUT2D eigenvalue weighted by atomic mass is 32.2. The molecule has 0 fully saturated rings. The maximum absolute atomic E-state index is 13.3. The molecule has 0 amide bonds. The number of H-pyrrole nitrogens is 1. The van der Waals surface area contributed by atoms with Crippen LogP contribution in [0.4, 0.5) is 10.2 Å². The molecule has 140 valence electrons. The number of halogens is 1. The van der Waals surface area contributed by atoms with Gasteiger partial charge in [0.1, 0.15) is 17.4 Å². The Bertz CT molecular complexity index is 937. The fourth-order valence-corrected chi connectivity index (χ4v) is 3.25. The first-order chi connectivity index (χ1) is 12.9. The van der Waals surface area contributed by atoms with E-state index >= 15 is 0 Å². The number of carbonyl (C=O) groups excluding carboxylic acids is 1. The Morgan fingerprint density at radius 3 is 2.63 bits per heavy atom. The number of carbonyl (C=O) groups is 1. The third-order valence-electron chi connectivity index (χ3n) is 3.70. The SMILES string of the molecule is CC(=O)CSc1nc(-c2ccnc(NC(C)C)c2)c(-c2ccc(F)cc2)[nH]1. The lowest BCUT2D eigenvalue weighted by Gasteiger charge is -2.10. The van der Waals surface area contributed by atoms with Gasteiger partial charge in [-0.15, -0.1) is 0 Å². The summed E-state index contributed by atoms with van der Waals surface area (Å²) in [5.74, 6) is 0.882. The summed E-state index contributed by atoms with van der Waals surface area (Å²) < 4.78 is 13.3. The van der Waals surface area contributed by atoms with Crippen molar-refractivity contribution in [3.05, 3.63) is 48.4 Å². The van der Waals surface area contributed by atoms with Gasteiger partial charge in [0.15, 0.2) is 5.16 Å². The van der Waals surface area contributed by atoms with E-state index in [1.165, 1.54) is 23.9 Å². The number of aromatic nitrogens is 3. The van der Waals surface area contributed by atoms with E-state index in [2.05, 4.69) is 20.3 Å². The molecular formula is C20H21FN4OS. The van der Waals surface area contributed by atoms with Gasteiger partial charge < -0.3 is 10.3 Å². The average Bonchev–Trinajstić information content (AvgIpc) is 3.04. The maximum atomic E-state index is 13.3. The molecule has 2 heterocycles. The first kappa shape index (κ1) is 19.1. The van der Waals surface area contributed by atoms with Gasteiger partial charge in [0.2, 0.25) is 0 Å². The number of thioether (sulfide) groups is 1. The minimum Gasteiger partial charge on any atom is -0.368 e. The van der Waals surface area contributed by atoms with Gasteiger partial charge in [-0.2, -0.15) is 0 Å². The lowest BCUT2D eigenvalue weighted by atomic mass is 10.1. The fourth-order valence-electron chi connectivity index (χ4n) is 2.58. The zero-order valence-electron chi connectivity index (χ0n) is 15.4. The van der Waals surface area contributed by atoms with Gasteiger partial charge in [-0.25, -0.2) is 14.4 Å². The van der Waals surface area contributed by atoms with Crippen molar-refractivity contribution in [2.24, 2.45) is 0 Å². The average molecular weight is 384 g/mol. The monoisotopic (exact) mass is 384 g/mol. The Kier molecular flexibility index (Phi) is 5.91. The summed E-state index contributed by atoms with van der Waals surface area (Å²) in [6.45, 7) is 5.64. The number of nitrogens with zero attached hydrogens (tertiary/aromatic N) is 2. The van der Waals surface area contributed by atoms with Crippen LogP contribution in [0, 0.1) is 5.82 Å². The van der Waals surface area contributed by atoms with E-state index in [4.69, 9.17) is 0 Å². The van der Waals surface area contributed by atoms with Gasteiger partial charge in [-0.05, 0) is 57.2 Å². The van der Waals surface area contributed by atoms with Crippen molar-refractivity contribution in [1.29, 1.82) is 0 Å². The fraction of sp³-hybridized carbons (Fsp3) is 0.250. The Morgan fingerprint density at radius 1 is 1.22 bits per heavy atom. The number of nitrogens with one attached hydrogen (secondary N) is 2. The molecule has 0 atom stereocenters. The van der Waals surface area contributed by atoms with Crippen LogP contribution in [0.15, 0.2) is 47.8 Å². The van der Waals surface area contributed by atoms with E-state index in [9.17, 15) is 9.18 Å². The standard InChI is InChI=1S/C20H21FN4OS/c1-12(2)23-17-10-15(8-9-22-17)19-18(14-4-6-16(21)7-5-14)24-20(25-19)27-11-13(3)26/h4-10,12H,11H2,1-3H3,(H,22,23)(H,24,25). The Hall–Kier alpha value is -2.67. The summed E-state index contributed by atoms with van der Waals surface area (Å²) >= 11 is 1.35. The summed E-state index contributed by atoms with van der Waals surface area (Å²) in [5, 5.41) is 3.93. The zero-order valence-corrected chi connectivity index (χ0v) is 16.2. The number of hydrogen-bond donors (Lipinski definition) is 2. The minimum atomic E-state index is -0.293. The number of benzene rings is 1. The van der Waals surface area contributed by atoms with Crippen LogP contribution in [0.25, 0.3) is 22.5 Å². The summed E-state index contributed by atoms with van der Waals surface area (Å²) in [5.41, 5.74) is 3.23. The normalized spacial score (nSPS) is 11.0. The van der Waals surface area contributed by atoms with Crippen LogP contribution >= 0.6 is 11.8 Å². The molecule has 1 aromatic carbocycles. The van der Waals surface area contributed by atoms with Gasteiger partial charge in [0, 0.05) is 23.4 Å². The molecule has 5 nitrogen and oxygen atoms in total. The molecule has 0 saturated carbocycles. The summed E-state index contributed by atoms with van der Waals surface area (Å²) in [6.07, 6.45) is 1.73. The molecule has 0 unspecified atom stereocenters. The smallest absolute Gasteiger partial charge is 0.166 e. The highest BCUT2D eigenvalue weighted by Gasteiger charge is 2.16. The van der Waals surface area contributed by atoms with Crippen molar-refractivity contribution in [3.63, 3.8) is 0 Å². The van der Waals surface area contributed by atoms with E-state index in [-0.39, 0.29) is 17.6 Å². The maximum Gasteiger partial charge on any atom is 0.166 e. The highest BCUT2D eigenvalue weighted by Crippen LogP contribution is 2.33. The van der Waals surface area contributed by atoms with Gasteiger partial charge >= 0.3 is 0 Å². The van der Waals surface area contributed by atoms with E-state index in [1.54, 1.807) is 25.3 Å². The highest BCUT2D eigenvalue weighted by molar-refractivity contribution is 7.99. The van der Waals surface area contributed by atoms with Crippen LogP contribution in [0.5, 0.6) is 0 Å². The molecule has 0 saturated heterocycles. The van der Waals surface area contributed by atoms with Crippen LogP contribution in [0.3, 0.4) is 0 Å². The molecule has 2 aromatic heterocycles. The predicted octanol–water partition coefficient (Wildman–Crippen LogP) is 4.78. The first-order valence-electron chi connectivity index (χ1n) is 8.63. The molecule has 0 bridgehead atoms. The number of rotatable bonds is 7. The quantitative estimate of drug-likeness (QED) is 0.574. The van der Waals surface area contributed by atoms with E-state index in [0.29, 0.717) is 10.9 Å². The number of hydrogen-bond acceptors (Lipinski definition) is 5. The Morgan fingerprint density at radius 2 is 1.96 bits per heavy atom. The van der Waals surface area contributed by atoms with Gasteiger partial charge in [0.05, 0.1) is 17.1 Å². The van der Waals surface area contributed by atoms with Crippen LogP contribution in [-0.4, -0.2) is 32.5 Å². The molecule has 3 rings (SSSR count). The van der Waals surface area contributed by atoms with Gasteiger partial charge in [0.25, 0.3) is 0 Å². The molecule has 0 aliphatic carbocycles. The number of pyridine rings is 1. The first-order valence-corrected chi connectivity index (χ1v) is 9.62. The van der Waals surface area contributed by atoms with Gasteiger partial charge in [-0.1, -0.05) is 11.8 Å². The van der Waals surface area contributed by atoms with Crippen LogP contribution < -0.4 is 5.32 Å². The predicted molar refractivity (Wildman–Crippen MR) is 107 cm³/mol. The lowest BCUT2D eigenvalue weighted by molar-refractivity contribution is -0.114. The van der Waals surface area contributed by atoms with Crippen LogP contribution in [0.1, 0.15) is 20.8 Å². The molecule has 0 aliphatic rings. The molecule has 0 radical (unpaired) electrons. The van der Waals surface area contributed by atoms with Crippen molar-refractivity contribution in [2.45, 2.75) is 32.0 Å². The summed E-state index contributed by atoms with van der Waals surface area (Å²) in [6, 6.07) is 10.3. The largest absolute Gasteiger partial charge is 0.368 e. The van der Waals surface area contributed by atoms with E-state index in [1.807, 2.05) is 26.0 Å². The Balaban J connectivity index is 2.04. The van der Waals surface area contributed by atoms with Crippen LogP contribution in [0.2, 0.25) is 0 Å². The van der Waals surface area contributed by atoms with Gasteiger partial charge in [-0.3, -0.25) is 4.79 Å². The minimum absolute atomic E-state index is 0.0774. The van der Waals surface area contributed by atoms with E-state index in [0.717, 1.165) is 28.3 Å². The summed E-state index contributed by atoms with van der Waals surface area (Å²) in [7, 11) is 0. The van der Waals surface area contributed by atoms with Crippen molar-refractivity contribution < 1.29 is 9.18 Å². The van der Waals surface area contributed by atoms with E-state index < -0.39 is 0 Å². The second-order valence-corrected chi connectivity index (χ2v) is 7.46. The molecule has 27 heavy (non-hydrogen) atoms. The van der Waals surface area contributed by atoms with Crippen LogP contribution in [-0.2, 0) is 4.79 Å². The number of Topliss-reactive ketones (excluding diaryl/α,β-unsaturated/α-hetero) is 1. The van der Waals surface area contributed by atoms with Crippen molar-refractivity contribution >= 4 is 23.4 Å². The van der Waals surface area contributed by atoms with Crippen molar-refractivity contribution in [3.8, 4) is 22.5 Å². The molecular weight excluding hydrogens is 363 g/mol.